The van der Waals surface area contributed by atoms with Crippen LogP contribution in [0, 0.1) is 5.92 Å². The Morgan fingerprint density at radius 1 is 1.42 bits per heavy atom. The van der Waals surface area contributed by atoms with Crippen LogP contribution in [0.25, 0.3) is 0 Å². The SMILES string of the molecule is CC(Cl)(N=C=O)C1CCCCC1. The Morgan fingerprint density at radius 2 is 2.00 bits per heavy atom. The van der Waals surface area contributed by atoms with Crippen LogP contribution in [-0.4, -0.2) is 11.1 Å². The van der Waals surface area contributed by atoms with Gasteiger partial charge in [0.25, 0.3) is 0 Å². The minimum atomic E-state index is -0.706. The fourth-order valence-electron chi connectivity index (χ4n) is 1.81. The third kappa shape index (κ3) is 2.33. The maximum absolute atomic E-state index is 10.1. The van der Waals surface area contributed by atoms with Gasteiger partial charge >= 0.3 is 0 Å². The molecule has 1 aliphatic rings. The summed E-state index contributed by atoms with van der Waals surface area (Å²) in [6.45, 7) is 1.80. The normalized spacial score (nSPS) is 24.2. The first-order valence-electron chi connectivity index (χ1n) is 4.45. The lowest BCUT2D eigenvalue weighted by Gasteiger charge is -2.30. The van der Waals surface area contributed by atoms with Crippen LogP contribution in [0.3, 0.4) is 0 Å². The molecule has 0 aromatic rings. The second-order valence-electron chi connectivity index (χ2n) is 3.56. The van der Waals surface area contributed by atoms with E-state index in [-0.39, 0.29) is 0 Å². The summed E-state index contributed by atoms with van der Waals surface area (Å²) in [7, 11) is 0. The molecule has 2 nitrogen and oxygen atoms in total. The van der Waals surface area contributed by atoms with Crippen LogP contribution in [0.15, 0.2) is 4.99 Å². The van der Waals surface area contributed by atoms with Gasteiger partial charge in [0.15, 0.2) is 0 Å². The molecule has 0 aromatic carbocycles. The maximum atomic E-state index is 10.1. The van der Waals surface area contributed by atoms with Crippen LogP contribution in [0.4, 0.5) is 0 Å². The van der Waals surface area contributed by atoms with E-state index in [9.17, 15) is 4.79 Å². The van der Waals surface area contributed by atoms with Crippen molar-refractivity contribution in [3.05, 3.63) is 0 Å². The van der Waals surface area contributed by atoms with Crippen molar-refractivity contribution in [1.82, 2.24) is 0 Å². The fraction of sp³-hybridized carbons (Fsp3) is 0.889. The molecule has 0 aliphatic heterocycles. The van der Waals surface area contributed by atoms with E-state index in [0.29, 0.717) is 5.92 Å². The van der Waals surface area contributed by atoms with Crippen molar-refractivity contribution in [1.29, 1.82) is 0 Å². The number of carbonyl (C=O) groups excluding carboxylic acids is 1. The summed E-state index contributed by atoms with van der Waals surface area (Å²) < 4.78 is 0. The van der Waals surface area contributed by atoms with Crippen molar-refractivity contribution < 1.29 is 4.79 Å². The fourth-order valence-corrected chi connectivity index (χ4v) is 2.06. The van der Waals surface area contributed by atoms with E-state index in [1.807, 2.05) is 0 Å². The first kappa shape index (κ1) is 9.76. The van der Waals surface area contributed by atoms with Gasteiger partial charge in [0.1, 0.15) is 5.00 Å². The summed E-state index contributed by atoms with van der Waals surface area (Å²) in [5, 5.41) is 0. The van der Waals surface area contributed by atoms with Gasteiger partial charge in [-0.2, -0.15) is 4.99 Å². The third-order valence-electron chi connectivity index (χ3n) is 2.61. The highest BCUT2D eigenvalue weighted by molar-refractivity contribution is 6.23. The third-order valence-corrected chi connectivity index (χ3v) is 3.01. The van der Waals surface area contributed by atoms with Crippen molar-refractivity contribution in [3.63, 3.8) is 0 Å². The molecule has 0 radical (unpaired) electrons. The predicted octanol–water partition coefficient (Wildman–Crippen LogP) is 2.86. The molecule has 1 fully saturated rings. The minimum Gasteiger partial charge on any atom is -0.211 e. The Bertz CT molecular complexity index is 191. The molecule has 1 unspecified atom stereocenters. The van der Waals surface area contributed by atoms with E-state index < -0.39 is 5.00 Å². The number of aliphatic imine (C=N–C) groups is 1. The quantitative estimate of drug-likeness (QED) is 0.283. The molecule has 1 atom stereocenters. The molecule has 1 aliphatic carbocycles. The van der Waals surface area contributed by atoms with Crippen molar-refractivity contribution in [2.45, 2.75) is 44.0 Å². The largest absolute Gasteiger partial charge is 0.236 e. The zero-order valence-corrected chi connectivity index (χ0v) is 8.10. The molecule has 0 aromatic heterocycles. The molecule has 0 amide bonds. The summed E-state index contributed by atoms with van der Waals surface area (Å²) in [4.78, 5) is 13.0. The molecule has 0 spiro atoms. The highest BCUT2D eigenvalue weighted by Gasteiger charge is 2.32. The number of rotatable bonds is 2. The molecule has 0 bridgehead atoms. The Kier molecular flexibility index (Phi) is 3.30. The van der Waals surface area contributed by atoms with Gasteiger partial charge in [0.05, 0.1) is 0 Å². The van der Waals surface area contributed by atoms with Crippen LogP contribution >= 0.6 is 11.6 Å². The Labute approximate surface area is 78.0 Å². The van der Waals surface area contributed by atoms with E-state index in [0.717, 1.165) is 12.8 Å². The lowest BCUT2D eigenvalue weighted by molar-refractivity contribution is 0.291. The standard InChI is InChI=1S/C9H14ClNO/c1-9(10,11-7-12)8-5-3-2-4-6-8/h8H,2-6H2,1H3. The Balaban J connectivity index is 2.59. The van der Waals surface area contributed by atoms with Gasteiger partial charge in [-0.15, -0.1) is 0 Å². The van der Waals surface area contributed by atoms with E-state index in [4.69, 9.17) is 11.6 Å². The summed E-state index contributed by atoms with van der Waals surface area (Å²) in [6, 6.07) is 0. The van der Waals surface area contributed by atoms with Gasteiger partial charge in [-0.25, -0.2) is 4.79 Å². The lowest BCUT2D eigenvalue weighted by Crippen LogP contribution is -2.27. The van der Waals surface area contributed by atoms with E-state index >= 15 is 0 Å². The predicted molar refractivity (Wildman–Crippen MR) is 49.0 cm³/mol. The number of hydrogen-bond acceptors (Lipinski definition) is 2. The molecule has 12 heavy (non-hydrogen) atoms. The molecule has 1 rings (SSSR count). The summed E-state index contributed by atoms with van der Waals surface area (Å²) in [5.41, 5.74) is 0. The van der Waals surface area contributed by atoms with Gasteiger partial charge in [0.2, 0.25) is 6.08 Å². The van der Waals surface area contributed by atoms with Gasteiger partial charge in [0, 0.05) is 0 Å². The van der Waals surface area contributed by atoms with Gasteiger partial charge in [-0.3, -0.25) is 0 Å². The first-order valence-corrected chi connectivity index (χ1v) is 4.82. The van der Waals surface area contributed by atoms with Gasteiger partial charge in [-0.1, -0.05) is 30.9 Å². The van der Waals surface area contributed by atoms with Crippen LogP contribution < -0.4 is 0 Å². The Hall–Kier alpha value is -0.330. The van der Waals surface area contributed by atoms with Crippen molar-refractivity contribution in [2.24, 2.45) is 10.9 Å². The molecule has 0 saturated heterocycles. The number of isocyanates is 1. The maximum Gasteiger partial charge on any atom is 0.236 e. The highest BCUT2D eigenvalue weighted by Crippen LogP contribution is 2.37. The minimum absolute atomic E-state index is 0.356. The van der Waals surface area contributed by atoms with E-state index in [2.05, 4.69) is 4.99 Å². The molecular weight excluding hydrogens is 174 g/mol. The molecular formula is C9H14ClNO. The summed E-state index contributed by atoms with van der Waals surface area (Å²) in [6.07, 6.45) is 7.43. The van der Waals surface area contributed by atoms with E-state index in [1.54, 1.807) is 13.0 Å². The van der Waals surface area contributed by atoms with Crippen molar-refractivity contribution >= 4 is 17.7 Å². The lowest BCUT2D eigenvalue weighted by atomic mass is 9.84. The molecule has 0 heterocycles. The summed E-state index contributed by atoms with van der Waals surface area (Å²) >= 11 is 6.09. The van der Waals surface area contributed by atoms with Gasteiger partial charge in [-0.05, 0) is 25.7 Å². The average molecular weight is 188 g/mol. The second kappa shape index (κ2) is 4.06. The zero-order valence-electron chi connectivity index (χ0n) is 7.35. The monoisotopic (exact) mass is 187 g/mol. The van der Waals surface area contributed by atoms with Crippen molar-refractivity contribution in [2.75, 3.05) is 0 Å². The smallest absolute Gasteiger partial charge is 0.211 e. The van der Waals surface area contributed by atoms with E-state index in [1.165, 1.54) is 19.3 Å². The number of nitrogens with zero attached hydrogens (tertiary/aromatic N) is 1. The van der Waals surface area contributed by atoms with Crippen LogP contribution in [0.2, 0.25) is 0 Å². The van der Waals surface area contributed by atoms with Crippen LogP contribution in [-0.2, 0) is 4.79 Å². The number of halogens is 1. The number of alkyl halides is 1. The Morgan fingerprint density at radius 3 is 2.50 bits per heavy atom. The topological polar surface area (TPSA) is 29.4 Å². The van der Waals surface area contributed by atoms with Crippen LogP contribution in [0.5, 0.6) is 0 Å². The second-order valence-corrected chi connectivity index (χ2v) is 4.33. The zero-order chi connectivity index (χ0) is 9.03. The molecule has 3 heteroatoms. The first-order chi connectivity index (χ1) is 5.67. The summed E-state index contributed by atoms with van der Waals surface area (Å²) in [5.74, 6) is 0.356. The van der Waals surface area contributed by atoms with Gasteiger partial charge < -0.3 is 0 Å². The highest BCUT2D eigenvalue weighted by atomic mass is 35.5. The molecule has 1 saturated carbocycles. The van der Waals surface area contributed by atoms with Crippen LogP contribution in [0.1, 0.15) is 39.0 Å². The average Bonchev–Trinajstić information content (AvgIpc) is 2.06. The van der Waals surface area contributed by atoms with Crippen molar-refractivity contribution in [3.8, 4) is 0 Å². The molecule has 68 valence electrons. The number of hydrogen-bond donors (Lipinski definition) is 0. The molecule has 0 N–H and O–H groups in total.